The second kappa shape index (κ2) is 3.48. The third-order valence-corrected chi connectivity index (χ3v) is 1.84. The summed E-state index contributed by atoms with van der Waals surface area (Å²) in [5.41, 5.74) is 0.506. The molecule has 0 bridgehead atoms. The van der Waals surface area contributed by atoms with Gasteiger partial charge in [-0.25, -0.2) is 14.5 Å². The average molecular weight is 205 g/mol. The molecule has 2 heterocycles. The van der Waals surface area contributed by atoms with Gasteiger partial charge in [0.15, 0.2) is 5.82 Å². The zero-order valence-corrected chi connectivity index (χ0v) is 7.81. The van der Waals surface area contributed by atoms with Crippen molar-refractivity contribution in [3.05, 3.63) is 47.2 Å². The van der Waals surface area contributed by atoms with Gasteiger partial charge >= 0.3 is 0 Å². The standard InChI is InChI=1S/C9H5ClN4/c1-11-8-2-3-9(12-5-8)14-6-7(10)4-13-14/h2-6H. The van der Waals surface area contributed by atoms with E-state index in [0.717, 1.165) is 0 Å². The fourth-order valence-electron chi connectivity index (χ4n) is 1.01. The van der Waals surface area contributed by atoms with Gasteiger partial charge in [0.1, 0.15) is 0 Å². The number of aromatic nitrogens is 3. The number of halogens is 1. The fraction of sp³-hybridized carbons (Fsp3) is 0. The fourth-order valence-corrected chi connectivity index (χ4v) is 1.14. The van der Waals surface area contributed by atoms with Crippen LogP contribution in [0, 0.1) is 6.57 Å². The van der Waals surface area contributed by atoms with E-state index in [1.165, 1.54) is 12.4 Å². The quantitative estimate of drug-likeness (QED) is 0.669. The topological polar surface area (TPSA) is 35.1 Å². The third kappa shape index (κ3) is 1.58. The van der Waals surface area contributed by atoms with E-state index in [2.05, 4.69) is 14.9 Å². The SMILES string of the molecule is [C-]#[N+]c1ccc(-n2cc(Cl)cn2)nc1. The molecular weight excluding hydrogens is 200 g/mol. The van der Waals surface area contributed by atoms with Gasteiger partial charge in [-0.05, 0) is 6.07 Å². The summed E-state index contributed by atoms with van der Waals surface area (Å²) >= 11 is 5.71. The highest BCUT2D eigenvalue weighted by Gasteiger charge is 1.99. The van der Waals surface area contributed by atoms with Crippen LogP contribution < -0.4 is 0 Å². The first-order chi connectivity index (χ1) is 6.79. The Kier molecular flexibility index (Phi) is 2.17. The molecule has 0 spiro atoms. The van der Waals surface area contributed by atoms with Crippen molar-refractivity contribution in [3.8, 4) is 5.82 Å². The molecule has 14 heavy (non-hydrogen) atoms. The number of rotatable bonds is 1. The monoisotopic (exact) mass is 204 g/mol. The van der Waals surface area contributed by atoms with Crippen molar-refractivity contribution in [2.75, 3.05) is 0 Å². The smallest absolute Gasteiger partial charge is 0.205 e. The average Bonchev–Trinajstić information content (AvgIpc) is 2.65. The molecule has 5 heteroatoms. The van der Waals surface area contributed by atoms with E-state index in [4.69, 9.17) is 18.2 Å². The number of hydrogen-bond donors (Lipinski definition) is 0. The van der Waals surface area contributed by atoms with Crippen LogP contribution in [-0.4, -0.2) is 14.8 Å². The molecule has 4 nitrogen and oxygen atoms in total. The van der Waals surface area contributed by atoms with Crippen LogP contribution in [0.5, 0.6) is 0 Å². The highest BCUT2D eigenvalue weighted by molar-refractivity contribution is 6.30. The number of hydrogen-bond acceptors (Lipinski definition) is 2. The molecular formula is C9H5ClN4. The zero-order chi connectivity index (χ0) is 9.97. The highest BCUT2D eigenvalue weighted by Crippen LogP contribution is 2.13. The largest absolute Gasteiger partial charge is 0.249 e. The normalized spacial score (nSPS) is 9.71. The zero-order valence-electron chi connectivity index (χ0n) is 7.05. The Morgan fingerprint density at radius 2 is 2.21 bits per heavy atom. The number of pyridine rings is 1. The van der Waals surface area contributed by atoms with E-state index in [1.54, 1.807) is 23.0 Å². The van der Waals surface area contributed by atoms with E-state index >= 15 is 0 Å². The van der Waals surface area contributed by atoms with Gasteiger partial charge in [0, 0.05) is 6.20 Å². The van der Waals surface area contributed by atoms with Gasteiger partial charge in [-0.2, -0.15) is 5.10 Å². The minimum Gasteiger partial charge on any atom is -0.249 e. The molecule has 2 rings (SSSR count). The summed E-state index contributed by atoms with van der Waals surface area (Å²) in [5, 5.41) is 4.54. The predicted octanol–water partition coefficient (Wildman–Crippen LogP) is 2.47. The van der Waals surface area contributed by atoms with Crippen molar-refractivity contribution in [1.82, 2.24) is 14.8 Å². The van der Waals surface area contributed by atoms with Crippen LogP contribution in [0.3, 0.4) is 0 Å². The van der Waals surface area contributed by atoms with E-state index in [-0.39, 0.29) is 0 Å². The van der Waals surface area contributed by atoms with E-state index < -0.39 is 0 Å². The summed E-state index contributed by atoms with van der Waals surface area (Å²) in [4.78, 5) is 7.30. The molecule has 0 radical (unpaired) electrons. The van der Waals surface area contributed by atoms with Gasteiger partial charge in [0.05, 0.1) is 24.0 Å². The van der Waals surface area contributed by atoms with Gasteiger partial charge in [0.2, 0.25) is 5.69 Å². The Balaban J connectivity index is 2.39. The van der Waals surface area contributed by atoms with Crippen molar-refractivity contribution >= 4 is 17.3 Å². The van der Waals surface area contributed by atoms with Crippen molar-refractivity contribution in [2.45, 2.75) is 0 Å². The Labute approximate surface area is 85.6 Å². The maximum absolute atomic E-state index is 6.76. The highest BCUT2D eigenvalue weighted by atomic mass is 35.5. The second-order valence-electron chi connectivity index (χ2n) is 2.59. The Bertz CT molecular complexity index is 480. The molecule has 0 aliphatic carbocycles. The summed E-state index contributed by atoms with van der Waals surface area (Å²) in [6, 6.07) is 3.40. The van der Waals surface area contributed by atoms with Gasteiger partial charge in [-0.3, -0.25) is 0 Å². The van der Waals surface area contributed by atoms with Crippen LogP contribution in [0.15, 0.2) is 30.7 Å². The lowest BCUT2D eigenvalue weighted by Crippen LogP contribution is -1.96. The lowest BCUT2D eigenvalue weighted by molar-refractivity contribution is 0.848. The Morgan fingerprint density at radius 3 is 2.71 bits per heavy atom. The minimum absolute atomic E-state index is 0.506. The molecule has 0 aromatic carbocycles. The maximum atomic E-state index is 6.76. The van der Waals surface area contributed by atoms with Crippen molar-refractivity contribution < 1.29 is 0 Å². The van der Waals surface area contributed by atoms with E-state index in [9.17, 15) is 0 Å². The molecule has 0 unspecified atom stereocenters. The molecule has 2 aromatic rings. The second-order valence-corrected chi connectivity index (χ2v) is 3.03. The van der Waals surface area contributed by atoms with Gasteiger partial charge in [-0.1, -0.05) is 17.7 Å². The van der Waals surface area contributed by atoms with Crippen LogP contribution in [0.25, 0.3) is 10.7 Å². The molecule has 68 valence electrons. The molecule has 0 aliphatic rings. The van der Waals surface area contributed by atoms with Gasteiger partial charge in [-0.15, -0.1) is 0 Å². The van der Waals surface area contributed by atoms with E-state index in [0.29, 0.717) is 16.5 Å². The molecule has 2 aromatic heterocycles. The first-order valence-corrected chi connectivity index (χ1v) is 4.21. The van der Waals surface area contributed by atoms with E-state index in [1.807, 2.05) is 0 Å². The molecule has 0 atom stereocenters. The van der Waals surface area contributed by atoms with Crippen LogP contribution in [0.1, 0.15) is 0 Å². The molecule has 0 N–H and O–H groups in total. The minimum atomic E-state index is 0.506. The van der Waals surface area contributed by atoms with Gasteiger partial charge in [0.25, 0.3) is 0 Å². The molecule has 0 amide bonds. The van der Waals surface area contributed by atoms with Gasteiger partial charge < -0.3 is 0 Å². The molecule has 0 fully saturated rings. The lowest BCUT2D eigenvalue weighted by Gasteiger charge is -1.98. The van der Waals surface area contributed by atoms with Crippen LogP contribution >= 0.6 is 11.6 Å². The first-order valence-electron chi connectivity index (χ1n) is 3.83. The van der Waals surface area contributed by atoms with Crippen molar-refractivity contribution in [3.63, 3.8) is 0 Å². The molecule has 0 saturated heterocycles. The summed E-state index contributed by atoms with van der Waals surface area (Å²) in [5.74, 6) is 0.643. The molecule has 0 aliphatic heterocycles. The first kappa shape index (κ1) is 8.73. The van der Waals surface area contributed by atoms with Crippen molar-refractivity contribution in [1.29, 1.82) is 0 Å². The number of nitrogens with zero attached hydrogens (tertiary/aromatic N) is 4. The van der Waals surface area contributed by atoms with Crippen LogP contribution in [0.4, 0.5) is 5.69 Å². The molecule has 0 saturated carbocycles. The lowest BCUT2D eigenvalue weighted by atomic mass is 10.4. The summed E-state index contributed by atoms with van der Waals surface area (Å²) in [6.07, 6.45) is 4.69. The van der Waals surface area contributed by atoms with Crippen molar-refractivity contribution in [2.24, 2.45) is 0 Å². The Hall–Kier alpha value is -1.86. The maximum Gasteiger partial charge on any atom is 0.205 e. The van der Waals surface area contributed by atoms with Crippen LogP contribution in [0.2, 0.25) is 5.02 Å². The third-order valence-electron chi connectivity index (χ3n) is 1.65. The summed E-state index contributed by atoms with van der Waals surface area (Å²) in [6.45, 7) is 6.76. The summed E-state index contributed by atoms with van der Waals surface area (Å²) in [7, 11) is 0. The van der Waals surface area contributed by atoms with Crippen LogP contribution in [-0.2, 0) is 0 Å². The predicted molar refractivity (Wildman–Crippen MR) is 52.6 cm³/mol. The summed E-state index contributed by atoms with van der Waals surface area (Å²) < 4.78 is 1.55. The Morgan fingerprint density at radius 1 is 1.36 bits per heavy atom.